The minimum absolute atomic E-state index is 0. The van der Waals surface area contributed by atoms with Crippen LogP contribution in [0.25, 0.3) is 0 Å². The predicted molar refractivity (Wildman–Crippen MR) is 31.9 cm³/mol. The van der Waals surface area contributed by atoms with Crippen LogP contribution in [-0.2, 0) is 4.79 Å². The van der Waals surface area contributed by atoms with Gasteiger partial charge >= 0.3 is 1.43 Å². The second-order valence-electron chi connectivity index (χ2n) is 1.33. The van der Waals surface area contributed by atoms with Gasteiger partial charge in [-0.25, -0.2) is 0 Å². The molecule has 3 nitrogen and oxygen atoms in total. The Hall–Kier alpha value is -0.280. The largest absolute Gasteiger partial charge is 1.00 e. The molecule has 0 bridgehead atoms. The van der Waals surface area contributed by atoms with Crippen LogP contribution in [0, 0.1) is 0 Å². The summed E-state index contributed by atoms with van der Waals surface area (Å²) in [5.41, 5.74) is 0. The van der Waals surface area contributed by atoms with Gasteiger partial charge < -0.3 is 15.2 Å². The van der Waals surface area contributed by atoms with Crippen LogP contribution in [0.4, 0.5) is 0 Å². The second-order valence-corrected chi connectivity index (χ2v) is 1.33. The fraction of sp³-hybridized carbons (Fsp3) is 0.750. The first-order chi connectivity index (χ1) is 3.18. The number of likely N-dealkylation sites (N-methyl/N-ethyl adjacent to an activating group) is 1. The number of halogens is 1. The molecule has 0 saturated heterocycles. The average molecular weight is 140 g/mol. The third kappa shape index (κ3) is 3.89. The van der Waals surface area contributed by atoms with Crippen molar-refractivity contribution in [2.45, 2.75) is 13.0 Å². The third-order valence-electron chi connectivity index (χ3n) is 0.787. The van der Waals surface area contributed by atoms with Gasteiger partial charge in [0.05, 0.1) is 5.97 Å². The summed E-state index contributed by atoms with van der Waals surface area (Å²) in [4.78, 5) is 9.76. The molecule has 0 aliphatic rings. The number of aliphatic carboxylic acids is 1. The van der Waals surface area contributed by atoms with Gasteiger partial charge in [0.25, 0.3) is 0 Å². The summed E-state index contributed by atoms with van der Waals surface area (Å²) < 4.78 is 0. The van der Waals surface area contributed by atoms with Crippen molar-refractivity contribution in [2.24, 2.45) is 0 Å². The Morgan fingerprint density at radius 3 is 2.25 bits per heavy atom. The first-order valence-corrected chi connectivity index (χ1v) is 2.06. The molecule has 0 amide bonds. The van der Waals surface area contributed by atoms with Crippen molar-refractivity contribution in [1.82, 2.24) is 5.32 Å². The molecule has 0 aromatic heterocycles. The highest BCUT2D eigenvalue weighted by Gasteiger charge is 1.93. The fourth-order valence-corrected chi connectivity index (χ4v) is 0.118. The van der Waals surface area contributed by atoms with Crippen molar-refractivity contribution in [3.05, 3.63) is 0 Å². The molecular weight excluding hydrogens is 130 g/mol. The highest BCUT2D eigenvalue weighted by molar-refractivity contribution is 5.85. The molecular formula is C4H10ClNO2. The molecule has 0 aromatic rings. The Labute approximate surface area is 56.0 Å². The highest BCUT2D eigenvalue weighted by atomic mass is 35.5. The Morgan fingerprint density at radius 1 is 1.88 bits per heavy atom. The van der Waals surface area contributed by atoms with Crippen LogP contribution in [0.15, 0.2) is 0 Å². The van der Waals surface area contributed by atoms with Crippen LogP contribution in [0.1, 0.15) is 8.35 Å². The molecule has 0 aliphatic carbocycles. The molecule has 50 valence electrons. The number of carbonyl (C=O) groups is 1. The van der Waals surface area contributed by atoms with Crippen molar-refractivity contribution < 1.29 is 11.3 Å². The third-order valence-corrected chi connectivity index (χ3v) is 0.787. The zero-order valence-electron chi connectivity index (χ0n) is 5.80. The Kier molecular flexibility index (Phi) is 6.48. The molecule has 0 saturated carbocycles. The zero-order valence-corrected chi connectivity index (χ0v) is 5.62. The summed E-state index contributed by atoms with van der Waals surface area (Å²) in [6, 6.07) is -0.542. The van der Waals surface area contributed by atoms with Gasteiger partial charge in [-0.2, -0.15) is 0 Å². The molecule has 8 heavy (non-hydrogen) atoms. The molecule has 0 aromatic carbocycles. The van der Waals surface area contributed by atoms with Crippen LogP contribution in [0.3, 0.4) is 0 Å². The lowest BCUT2D eigenvalue weighted by Crippen LogP contribution is -2.41. The molecule has 1 atom stereocenters. The Morgan fingerprint density at radius 2 is 2.25 bits per heavy atom. The van der Waals surface area contributed by atoms with Crippen LogP contribution >= 0.6 is 12.4 Å². The van der Waals surface area contributed by atoms with Gasteiger partial charge in [0.2, 0.25) is 0 Å². The van der Waals surface area contributed by atoms with Gasteiger partial charge in [-0.05, 0) is 14.0 Å². The van der Waals surface area contributed by atoms with Crippen molar-refractivity contribution in [2.75, 3.05) is 7.05 Å². The Bertz CT molecular complexity index is 81.0. The van der Waals surface area contributed by atoms with E-state index in [-0.39, 0.29) is 13.8 Å². The second kappa shape index (κ2) is 4.87. The van der Waals surface area contributed by atoms with Crippen LogP contribution in [-0.4, -0.2) is 19.1 Å². The maximum absolute atomic E-state index is 9.76. The van der Waals surface area contributed by atoms with Gasteiger partial charge in [-0.1, -0.05) is 0 Å². The molecule has 0 rings (SSSR count). The molecule has 4 heteroatoms. The van der Waals surface area contributed by atoms with E-state index in [0.717, 1.165) is 0 Å². The van der Waals surface area contributed by atoms with E-state index in [2.05, 4.69) is 5.32 Å². The topological polar surface area (TPSA) is 52.2 Å². The maximum atomic E-state index is 9.76. The number of carbonyl (C=O) groups excluding carboxylic acids is 1. The number of hydrogen-bond acceptors (Lipinski definition) is 3. The summed E-state index contributed by atoms with van der Waals surface area (Å²) in [5, 5.41) is 12.3. The van der Waals surface area contributed by atoms with Gasteiger partial charge in [0.1, 0.15) is 0 Å². The molecule has 0 radical (unpaired) electrons. The number of rotatable bonds is 2. The van der Waals surface area contributed by atoms with E-state index < -0.39 is 12.0 Å². The van der Waals surface area contributed by atoms with Crippen molar-refractivity contribution in [3.63, 3.8) is 0 Å². The van der Waals surface area contributed by atoms with Crippen LogP contribution < -0.4 is 10.4 Å². The van der Waals surface area contributed by atoms with Gasteiger partial charge in [-0.3, -0.25) is 0 Å². The SMILES string of the molecule is CNC(C)C(=O)[O-].Cl.[H+]. The van der Waals surface area contributed by atoms with E-state index in [1.54, 1.807) is 7.05 Å². The normalized spacial score (nSPS) is 11.8. The van der Waals surface area contributed by atoms with E-state index in [9.17, 15) is 9.90 Å². The van der Waals surface area contributed by atoms with Gasteiger partial charge in [-0.15, -0.1) is 12.4 Å². The number of carboxylic acid groups (broad SMARTS) is 1. The fourth-order valence-electron chi connectivity index (χ4n) is 0.118. The van der Waals surface area contributed by atoms with E-state index in [0.29, 0.717) is 0 Å². The molecule has 0 fully saturated rings. The zero-order chi connectivity index (χ0) is 5.86. The number of hydrogen-bond donors (Lipinski definition) is 1. The average Bonchev–Trinajstić information content (AvgIpc) is 1.65. The lowest BCUT2D eigenvalue weighted by Gasteiger charge is -2.08. The highest BCUT2D eigenvalue weighted by Crippen LogP contribution is 1.70. The summed E-state index contributed by atoms with van der Waals surface area (Å²) >= 11 is 0. The van der Waals surface area contributed by atoms with Crippen molar-refractivity contribution >= 4 is 18.4 Å². The monoisotopic (exact) mass is 139 g/mol. The smallest absolute Gasteiger partial charge is 0.548 e. The molecule has 1 N–H and O–H groups in total. The molecule has 0 spiro atoms. The molecule has 0 aliphatic heterocycles. The first kappa shape index (κ1) is 10.7. The van der Waals surface area contributed by atoms with Crippen molar-refractivity contribution in [3.8, 4) is 0 Å². The summed E-state index contributed by atoms with van der Waals surface area (Å²) in [6.45, 7) is 1.52. The molecule has 0 heterocycles. The number of carboxylic acids is 1. The van der Waals surface area contributed by atoms with Crippen LogP contribution in [0.2, 0.25) is 0 Å². The summed E-state index contributed by atoms with van der Waals surface area (Å²) in [7, 11) is 1.57. The minimum atomic E-state index is -1.07. The summed E-state index contributed by atoms with van der Waals surface area (Å²) in [6.07, 6.45) is 0. The number of nitrogens with one attached hydrogen (secondary N) is 1. The quantitative estimate of drug-likeness (QED) is 0.527. The standard InChI is InChI=1S/C4H9NO2.ClH/c1-3(5-2)4(6)7;/h3,5H,1-2H3,(H,6,7);1H. The lowest BCUT2D eigenvalue weighted by atomic mass is 10.4. The van der Waals surface area contributed by atoms with E-state index >= 15 is 0 Å². The lowest BCUT2D eigenvalue weighted by molar-refractivity contribution is -0.307. The predicted octanol–water partition coefficient (Wildman–Crippen LogP) is -1.12. The van der Waals surface area contributed by atoms with Crippen molar-refractivity contribution in [1.29, 1.82) is 0 Å². The van der Waals surface area contributed by atoms with E-state index in [4.69, 9.17) is 0 Å². The summed E-state index contributed by atoms with van der Waals surface area (Å²) in [5.74, 6) is -1.07. The van der Waals surface area contributed by atoms with Crippen LogP contribution in [0.5, 0.6) is 0 Å². The molecule has 1 unspecified atom stereocenters. The minimum Gasteiger partial charge on any atom is -0.548 e. The Balaban J connectivity index is -0.000000180. The van der Waals surface area contributed by atoms with E-state index in [1.807, 2.05) is 0 Å². The van der Waals surface area contributed by atoms with Gasteiger partial charge in [0, 0.05) is 6.04 Å². The maximum Gasteiger partial charge on any atom is 1.00 e. The first-order valence-electron chi connectivity index (χ1n) is 2.06. The van der Waals surface area contributed by atoms with Gasteiger partial charge in [0.15, 0.2) is 0 Å². The van der Waals surface area contributed by atoms with E-state index in [1.165, 1.54) is 6.92 Å².